The average molecular weight is 539 g/mol. The highest BCUT2D eigenvalue weighted by Gasteiger charge is 2.18. The first-order chi connectivity index (χ1) is 19.5. The molecule has 208 valence electrons. The van der Waals surface area contributed by atoms with E-state index in [1.54, 1.807) is 12.1 Å². The van der Waals surface area contributed by atoms with Crippen molar-refractivity contribution in [3.63, 3.8) is 0 Å². The summed E-state index contributed by atoms with van der Waals surface area (Å²) in [5.41, 5.74) is -0.209. The Morgan fingerprint density at radius 1 is 0.750 bits per heavy atom. The molecule has 6 nitrogen and oxygen atoms in total. The van der Waals surface area contributed by atoms with Crippen molar-refractivity contribution in [1.82, 2.24) is 0 Å². The summed E-state index contributed by atoms with van der Waals surface area (Å²) in [5, 5.41) is 23.8. The van der Waals surface area contributed by atoms with Crippen molar-refractivity contribution in [2.24, 2.45) is 5.92 Å². The summed E-state index contributed by atoms with van der Waals surface area (Å²) in [6.07, 6.45) is 7.81. The number of unbranched alkanes of at least 4 members (excludes halogenated alkanes) is 4. The fourth-order valence-corrected chi connectivity index (χ4v) is 4.83. The van der Waals surface area contributed by atoms with Gasteiger partial charge in [0.25, 0.3) is 0 Å². The molecule has 40 heavy (non-hydrogen) atoms. The van der Waals surface area contributed by atoms with Gasteiger partial charge in [-0.2, -0.15) is 10.5 Å². The molecule has 0 bridgehead atoms. The van der Waals surface area contributed by atoms with Gasteiger partial charge in [0.1, 0.15) is 23.3 Å². The maximum absolute atomic E-state index is 13.1. The fourth-order valence-electron chi connectivity index (χ4n) is 4.83. The van der Waals surface area contributed by atoms with Gasteiger partial charge in [-0.15, -0.1) is 0 Å². The first-order valence-corrected chi connectivity index (χ1v) is 14.3. The van der Waals surface area contributed by atoms with Gasteiger partial charge >= 0.3 is 11.9 Å². The first kappa shape index (κ1) is 30.4. The highest BCUT2D eigenvalue weighted by Crippen LogP contribution is 2.20. The fraction of sp³-hybridized carbons (Fsp3) is 0.412. The third-order valence-electron chi connectivity index (χ3n) is 7.28. The number of carbonyl (C=O) groups is 2. The number of rotatable bonds is 13. The maximum Gasteiger partial charge on any atom is 0.349 e. The van der Waals surface area contributed by atoms with Gasteiger partial charge in [-0.1, -0.05) is 95.7 Å². The lowest BCUT2D eigenvalue weighted by atomic mass is 9.97. The molecule has 0 radical (unpaired) electrons. The predicted octanol–water partition coefficient (Wildman–Crippen LogP) is 6.22. The lowest BCUT2D eigenvalue weighted by Gasteiger charge is -2.14. The summed E-state index contributed by atoms with van der Waals surface area (Å²) in [4.78, 5) is 26.1. The quantitative estimate of drug-likeness (QED) is 0.145. The summed E-state index contributed by atoms with van der Waals surface area (Å²) in [6, 6.07) is 18.8. The molecule has 0 spiro atoms. The number of esters is 2. The monoisotopic (exact) mass is 538 g/mol. The largest absolute Gasteiger partial charge is 0.462 e. The van der Waals surface area contributed by atoms with Crippen molar-refractivity contribution in [1.29, 1.82) is 10.5 Å². The van der Waals surface area contributed by atoms with E-state index in [0.29, 0.717) is 21.2 Å². The lowest BCUT2D eigenvalue weighted by molar-refractivity contribution is -0.138. The van der Waals surface area contributed by atoms with Crippen molar-refractivity contribution in [2.45, 2.75) is 72.1 Å². The van der Waals surface area contributed by atoms with Gasteiger partial charge in [0.05, 0.1) is 13.2 Å². The Kier molecular flexibility index (Phi) is 11.7. The second kappa shape index (κ2) is 15.4. The number of benzene rings is 3. The van der Waals surface area contributed by atoms with Gasteiger partial charge in [0, 0.05) is 10.4 Å². The molecule has 0 aromatic heterocycles. The lowest BCUT2D eigenvalue weighted by Crippen LogP contribution is -2.23. The van der Waals surface area contributed by atoms with E-state index >= 15 is 0 Å². The Morgan fingerprint density at radius 2 is 1.30 bits per heavy atom. The van der Waals surface area contributed by atoms with Crippen LogP contribution in [0.1, 0.15) is 72.1 Å². The number of ether oxygens (including phenoxy) is 2. The summed E-state index contributed by atoms with van der Waals surface area (Å²) in [6.45, 7) is 6.81. The average Bonchev–Trinajstić information content (AvgIpc) is 2.97. The van der Waals surface area contributed by atoms with Crippen molar-refractivity contribution >= 4 is 44.6 Å². The van der Waals surface area contributed by atoms with Gasteiger partial charge < -0.3 is 9.47 Å². The smallest absolute Gasteiger partial charge is 0.349 e. The number of hydrogen-bond acceptors (Lipinski definition) is 6. The molecular formula is C34H38N2O4. The molecule has 0 fully saturated rings. The van der Waals surface area contributed by atoms with Crippen LogP contribution in [0.4, 0.5) is 0 Å². The molecule has 0 aliphatic carbocycles. The van der Waals surface area contributed by atoms with Crippen molar-refractivity contribution in [3.05, 3.63) is 59.0 Å². The van der Waals surface area contributed by atoms with Crippen LogP contribution in [0.2, 0.25) is 0 Å². The zero-order valence-corrected chi connectivity index (χ0v) is 23.8. The summed E-state index contributed by atoms with van der Waals surface area (Å²) in [5.74, 6) is -1.11. The molecule has 0 saturated carbocycles. The molecule has 0 N–H and O–H groups in total. The molecular weight excluding hydrogens is 500 g/mol. The van der Waals surface area contributed by atoms with E-state index in [9.17, 15) is 20.1 Å². The molecule has 0 heterocycles. The van der Waals surface area contributed by atoms with Gasteiger partial charge in [-0.05, 0) is 52.4 Å². The molecule has 3 rings (SSSR count). The molecule has 3 aromatic carbocycles. The molecule has 1 unspecified atom stereocenters. The number of nitrogens with zero attached hydrogens (tertiary/aromatic N) is 2. The van der Waals surface area contributed by atoms with Crippen LogP contribution >= 0.6 is 0 Å². The van der Waals surface area contributed by atoms with E-state index in [1.807, 2.05) is 42.5 Å². The van der Waals surface area contributed by atoms with Crippen LogP contribution in [0.5, 0.6) is 0 Å². The third kappa shape index (κ3) is 7.48. The van der Waals surface area contributed by atoms with Gasteiger partial charge in [-0.25, -0.2) is 9.59 Å². The third-order valence-corrected chi connectivity index (χ3v) is 7.28. The molecule has 0 amide bonds. The van der Waals surface area contributed by atoms with Crippen LogP contribution in [0.3, 0.4) is 0 Å². The van der Waals surface area contributed by atoms with Gasteiger partial charge in [0.15, 0.2) is 0 Å². The van der Waals surface area contributed by atoms with Crippen LogP contribution in [0.25, 0.3) is 32.7 Å². The minimum atomic E-state index is -0.678. The van der Waals surface area contributed by atoms with Gasteiger partial charge in [0.2, 0.25) is 0 Å². The van der Waals surface area contributed by atoms with E-state index in [0.717, 1.165) is 62.1 Å². The Balaban J connectivity index is 2.15. The maximum atomic E-state index is 13.1. The standard InChI is InChI=1S/C34H38N2O4/c1-4-7-9-12-18-39-33(37)31(21-35)27-16-17-28(30-20-26-15-11-10-14-25(26)19-29(27)30)32(22-36)34(38)40-23-24(6-3)13-8-5-2/h10-11,14-17,19-20,24H,4-9,12-13,18,23H2,1-3H3/b31-27-,32-28+. The second-order valence-corrected chi connectivity index (χ2v) is 10.1. The summed E-state index contributed by atoms with van der Waals surface area (Å²) < 4.78 is 11.0. The zero-order valence-electron chi connectivity index (χ0n) is 23.8. The molecule has 6 heteroatoms. The van der Waals surface area contributed by atoms with Crippen molar-refractivity contribution < 1.29 is 19.1 Å². The van der Waals surface area contributed by atoms with Crippen LogP contribution in [0, 0.1) is 28.6 Å². The van der Waals surface area contributed by atoms with Crippen molar-refractivity contribution in [3.8, 4) is 12.1 Å². The predicted molar refractivity (Wildman–Crippen MR) is 158 cm³/mol. The molecule has 1 atom stereocenters. The van der Waals surface area contributed by atoms with Gasteiger partial charge in [-0.3, -0.25) is 0 Å². The topological polar surface area (TPSA) is 100 Å². The van der Waals surface area contributed by atoms with E-state index < -0.39 is 11.9 Å². The SMILES string of the molecule is CCCCCCOC(=O)/C(C#N)=c1/cc/c(=C(/C#N)C(=O)OCC(CC)CCCC)c2cc3ccccc3cc12. The molecule has 0 aliphatic rings. The van der Waals surface area contributed by atoms with Crippen LogP contribution in [-0.4, -0.2) is 25.2 Å². The highest BCUT2D eigenvalue weighted by atomic mass is 16.5. The van der Waals surface area contributed by atoms with Crippen molar-refractivity contribution in [2.75, 3.05) is 13.2 Å². The Morgan fingerprint density at radius 3 is 1.80 bits per heavy atom. The molecule has 0 aliphatic heterocycles. The molecule has 0 saturated heterocycles. The number of fused-ring (bicyclic) bond motifs is 2. The van der Waals surface area contributed by atoms with E-state index in [4.69, 9.17) is 9.47 Å². The molecule has 3 aromatic rings. The Hall–Kier alpha value is -4.16. The minimum absolute atomic E-state index is 0.103. The zero-order chi connectivity index (χ0) is 28.9. The van der Waals surface area contributed by atoms with Crippen LogP contribution in [0.15, 0.2) is 48.5 Å². The van der Waals surface area contributed by atoms with E-state index in [-0.39, 0.29) is 30.3 Å². The number of carbonyl (C=O) groups excluding carboxylic acids is 2. The highest BCUT2D eigenvalue weighted by molar-refractivity contribution is 6.19. The first-order valence-electron chi connectivity index (χ1n) is 14.3. The van der Waals surface area contributed by atoms with E-state index in [2.05, 4.69) is 26.8 Å². The van der Waals surface area contributed by atoms with Crippen LogP contribution < -0.4 is 10.4 Å². The van der Waals surface area contributed by atoms with Crippen LogP contribution in [-0.2, 0) is 19.1 Å². The summed E-state index contributed by atoms with van der Waals surface area (Å²) in [7, 11) is 0. The van der Waals surface area contributed by atoms with E-state index in [1.165, 1.54) is 0 Å². The number of nitriles is 2. The Bertz CT molecular complexity index is 1560. The minimum Gasteiger partial charge on any atom is -0.462 e. The second-order valence-electron chi connectivity index (χ2n) is 10.1. The Labute approximate surface area is 236 Å². The number of hydrogen-bond donors (Lipinski definition) is 0. The summed E-state index contributed by atoms with van der Waals surface area (Å²) >= 11 is 0. The normalized spacial score (nSPS) is 13.2.